The molecule has 0 fully saturated rings. The SMILES string of the molecule is N#Cc1cc([N+](=O)[O-])ccc1NCc1nccc(N)n1. The lowest BCUT2D eigenvalue weighted by atomic mass is 10.1. The molecule has 0 saturated carbocycles. The van der Waals surface area contributed by atoms with Crippen molar-refractivity contribution in [3.63, 3.8) is 0 Å². The number of nitro groups is 1. The van der Waals surface area contributed by atoms with Crippen LogP contribution in [0.3, 0.4) is 0 Å². The molecule has 0 aliphatic carbocycles. The molecule has 0 unspecified atom stereocenters. The van der Waals surface area contributed by atoms with Crippen LogP contribution < -0.4 is 11.1 Å². The second kappa shape index (κ2) is 5.62. The maximum absolute atomic E-state index is 10.6. The number of anilines is 2. The van der Waals surface area contributed by atoms with Gasteiger partial charge in [0.05, 0.1) is 22.7 Å². The molecule has 1 aromatic heterocycles. The molecule has 20 heavy (non-hydrogen) atoms. The number of nitrogens with two attached hydrogens (primary N) is 1. The quantitative estimate of drug-likeness (QED) is 0.634. The zero-order valence-electron chi connectivity index (χ0n) is 10.3. The van der Waals surface area contributed by atoms with Gasteiger partial charge in [-0.05, 0) is 12.1 Å². The van der Waals surface area contributed by atoms with Gasteiger partial charge < -0.3 is 11.1 Å². The van der Waals surface area contributed by atoms with E-state index in [0.29, 0.717) is 17.3 Å². The normalized spacial score (nSPS) is 9.75. The second-order valence-corrected chi connectivity index (χ2v) is 3.85. The van der Waals surface area contributed by atoms with E-state index in [1.807, 2.05) is 6.07 Å². The van der Waals surface area contributed by atoms with Gasteiger partial charge in [0.1, 0.15) is 17.7 Å². The molecule has 0 atom stereocenters. The van der Waals surface area contributed by atoms with Gasteiger partial charge >= 0.3 is 0 Å². The number of nitrogens with zero attached hydrogens (tertiary/aromatic N) is 4. The molecule has 0 radical (unpaired) electrons. The highest BCUT2D eigenvalue weighted by Crippen LogP contribution is 2.21. The molecular formula is C12H10N6O2. The Hall–Kier alpha value is -3.21. The summed E-state index contributed by atoms with van der Waals surface area (Å²) in [5.74, 6) is 0.813. The summed E-state index contributed by atoms with van der Waals surface area (Å²) in [7, 11) is 0. The van der Waals surface area contributed by atoms with Gasteiger partial charge in [-0.2, -0.15) is 5.26 Å². The number of rotatable bonds is 4. The molecule has 0 bridgehead atoms. The fourth-order valence-corrected chi connectivity index (χ4v) is 1.57. The molecule has 3 N–H and O–H groups in total. The van der Waals surface area contributed by atoms with Crippen molar-refractivity contribution in [2.45, 2.75) is 6.54 Å². The smallest absolute Gasteiger partial charge is 0.270 e. The van der Waals surface area contributed by atoms with E-state index >= 15 is 0 Å². The Morgan fingerprint density at radius 2 is 2.25 bits per heavy atom. The Morgan fingerprint density at radius 1 is 1.45 bits per heavy atom. The molecular weight excluding hydrogens is 260 g/mol. The Kier molecular flexibility index (Phi) is 3.72. The van der Waals surface area contributed by atoms with Gasteiger partial charge in [0, 0.05) is 18.3 Å². The third kappa shape index (κ3) is 2.97. The number of nitro benzene ring substituents is 1. The first-order chi connectivity index (χ1) is 9.60. The van der Waals surface area contributed by atoms with Crippen LogP contribution in [0.25, 0.3) is 0 Å². The molecule has 8 nitrogen and oxygen atoms in total. The van der Waals surface area contributed by atoms with E-state index in [1.54, 1.807) is 6.07 Å². The fraction of sp³-hybridized carbons (Fsp3) is 0.0833. The number of benzene rings is 1. The average molecular weight is 270 g/mol. The number of nitriles is 1. The minimum absolute atomic E-state index is 0.132. The molecule has 0 aliphatic rings. The Labute approximate surface area is 114 Å². The second-order valence-electron chi connectivity index (χ2n) is 3.85. The number of hydrogen-bond donors (Lipinski definition) is 2. The average Bonchev–Trinajstić information content (AvgIpc) is 2.45. The van der Waals surface area contributed by atoms with Crippen molar-refractivity contribution in [1.29, 1.82) is 5.26 Å². The molecule has 8 heteroatoms. The highest BCUT2D eigenvalue weighted by atomic mass is 16.6. The Bertz CT molecular complexity index is 695. The highest BCUT2D eigenvalue weighted by molar-refractivity contribution is 5.61. The van der Waals surface area contributed by atoms with Gasteiger partial charge in [0.2, 0.25) is 0 Å². The number of hydrogen-bond acceptors (Lipinski definition) is 7. The van der Waals surface area contributed by atoms with Crippen LogP contribution in [-0.2, 0) is 6.54 Å². The molecule has 1 aromatic carbocycles. The van der Waals surface area contributed by atoms with Crippen LogP contribution in [0.2, 0.25) is 0 Å². The predicted molar refractivity (Wildman–Crippen MR) is 71.6 cm³/mol. The van der Waals surface area contributed by atoms with Crippen molar-refractivity contribution >= 4 is 17.2 Å². The third-order valence-corrected chi connectivity index (χ3v) is 2.50. The third-order valence-electron chi connectivity index (χ3n) is 2.50. The van der Waals surface area contributed by atoms with Crippen molar-refractivity contribution in [2.24, 2.45) is 0 Å². The number of non-ortho nitro benzene ring substituents is 1. The maximum atomic E-state index is 10.6. The first-order valence-corrected chi connectivity index (χ1v) is 5.60. The van der Waals surface area contributed by atoms with Crippen molar-refractivity contribution in [2.75, 3.05) is 11.1 Å². The molecule has 0 spiro atoms. The minimum Gasteiger partial charge on any atom is -0.384 e. The van der Waals surface area contributed by atoms with Gasteiger partial charge in [0.15, 0.2) is 0 Å². The molecule has 2 aromatic rings. The van der Waals surface area contributed by atoms with Crippen molar-refractivity contribution in [3.8, 4) is 6.07 Å². The summed E-state index contributed by atoms with van der Waals surface area (Å²) in [5, 5.41) is 22.6. The van der Waals surface area contributed by atoms with Crippen LogP contribution in [0.1, 0.15) is 11.4 Å². The molecule has 1 heterocycles. The molecule has 0 saturated heterocycles. The highest BCUT2D eigenvalue weighted by Gasteiger charge is 2.10. The summed E-state index contributed by atoms with van der Waals surface area (Å²) in [6.07, 6.45) is 1.53. The first-order valence-electron chi connectivity index (χ1n) is 5.60. The molecule has 2 rings (SSSR count). The van der Waals surface area contributed by atoms with E-state index in [9.17, 15) is 10.1 Å². The summed E-state index contributed by atoms with van der Waals surface area (Å²) >= 11 is 0. The van der Waals surface area contributed by atoms with Gasteiger partial charge in [-0.3, -0.25) is 10.1 Å². The van der Waals surface area contributed by atoms with Crippen molar-refractivity contribution < 1.29 is 4.92 Å². The van der Waals surface area contributed by atoms with E-state index in [-0.39, 0.29) is 17.8 Å². The van der Waals surface area contributed by atoms with Gasteiger partial charge in [-0.15, -0.1) is 0 Å². The van der Waals surface area contributed by atoms with Crippen LogP contribution in [0.15, 0.2) is 30.5 Å². The van der Waals surface area contributed by atoms with Gasteiger partial charge in [0.25, 0.3) is 5.69 Å². The Morgan fingerprint density at radius 3 is 2.90 bits per heavy atom. The standard InChI is InChI=1S/C12H10N6O2/c13-6-8-5-9(18(19)20)1-2-10(8)16-7-12-15-4-3-11(14)17-12/h1-5,16H,7H2,(H2,14,15,17). The monoisotopic (exact) mass is 270 g/mol. The van der Waals surface area contributed by atoms with E-state index in [4.69, 9.17) is 11.0 Å². The van der Waals surface area contributed by atoms with E-state index < -0.39 is 4.92 Å². The summed E-state index contributed by atoms with van der Waals surface area (Å²) in [5.41, 5.74) is 6.06. The number of nitrogens with one attached hydrogen (secondary N) is 1. The van der Waals surface area contributed by atoms with E-state index in [2.05, 4.69) is 15.3 Å². The zero-order chi connectivity index (χ0) is 14.5. The number of aromatic nitrogens is 2. The lowest BCUT2D eigenvalue weighted by Crippen LogP contribution is -2.06. The van der Waals surface area contributed by atoms with Crippen LogP contribution in [-0.4, -0.2) is 14.9 Å². The first kappa shape index (κ1) is 13.2. The lowest BCUT2D eigenvalue weighted by Gasteiger charge is -2.07. The van der Waals surface area contributed by atoms with Crippen molar-refractivity contribution in [1.82, 2.24) is 9.97 Å². The number of nitrogen functional groups attached to an aromatic ring is 1. The predicted octanol–water partition coefficient (Wildman–Crippen LogP) is 1.45. The summed E-state index contributed by atoms with van der Waals surface area (Å²) in [6.45, 7) is 0.261. The summed E-state index contributed by atoms with van der Waals surface area (Å²) in [4.78, 5) is 18.1. The topological polar surface area (TPSA) is 131 Å². The zero-order valence-corrected chi connectivity index (χ0v) is 10.3. The van der Waals surface area contributed by atoms with Gasteiger partial charge in [-0.1, -0.05) is 0 Å². The van der Waals surface area contributed by atoms with Crippen LogP contribution in [0.4, 0.5) is 17.2 Å². The lowest BCUT2D eigenvalue weighted by molar-refractivity contribution is -0.384. The molecule has 100 valence electrons. The van der Waals surface area contributed by atoms with E-state index in [0.717, 1.165) is 0 Å². The van der Waals surface area contributed by atoms with Gasteiger partial charge in [-0.25, -0.2) is 9.97 Å². The Balaban J connectivity index is 2.18. The largest absolute Gasteiger partial charge is 0.384 e. The summed E-state index contributed by atoms with van der Waals surface area (Å²) in [6, 6.07) is 7.48. The molecule has 0 amide bonds. The van der Waals surface area contributed by atoms with Crippen LogP contribution in [0.5, 0.6) is 0 Å². The van der Waals surface area contributed by atoms with Crippen LogP contribution in [0, 0.1) is 21.4 Å². The van der Waals surface area contributed by atoms with Crippen molar-refractivity contribution in [3.05, 3.63) is 52.0 Å². The fourth-order valence-electron chi connectivity index (χ4n) is 1.57. The maximum Gasteiger partial charge on any atom is 0.270 e. The van der Waals surface area contributed by atoms with Crippen LogP contribution >= 0.6 is 0 Å². The van der Waals surface area contributed by atoms with E-state index in [1.165, 1.54) is 24.4 Å². The summed E-state index contributed by atoms with van der Waals surface area (Å²) < 4.78 is 0. The molecule has 0 aliphatic heterocycles. The minimum atomic E-state index is -0.550.